The molecular formula is C17H20BrN3O. The molecule has 0 unspecified atom stereocenters. The molecule has 0 amide bonds. The van der Waals surface area contributed by atoms with Crippen LogP contribution in [0.1, 0.15) is 0 Å². The Morgan fingerprint density at radius 1 is 1.05 bits per heavy atom. The zero-order valence-electron chi connectivity index (χ0n) is 12.5. The van der Waals surface area contributed by atoms with Crippen LogP contribution in [0.3, 0.4) is 0 Å². The van der Waals surface area contributed by atoms with Gasteiger partial charge >= 0.3 is 0 Å². The third-order valence-electron chi connectivity index (χ3n) is 3.82. The average molecular weight is 362 g/mol. The summed E-state index contributed by atoms with van der Waals surface area (Å²) in [5.74, 6) is 1.99. The summed E-state index contributed by atoms with van der Waals surface area (Å²) < 4.78 is 6.85. The van der Waals surface area contributed by atoms with Crippen molar-refractivity contribution in [2.75, 3.05) is 44.2 Å². The van der Waals surface area contributed by atoms with Gasteiger partial charge in [0.15, 0.2) is 0 Å². The van der Waals surface area contributed by atoms with Gasteiger partial charge in [-0.1, -0.05) is 28.1 Å². The Labute approximate surface area is 139 Å². The lowest BCUT2D eigenvalue weighted by molar-refractivity contribution is 0.200. The van der Waals surface area contributed by atoms with Crippen LogP contribution in [0.5, 0.6) is 5.75 Å². The molecule has 22 heavy (non-hydrogen) atoms. The van der Waals surface area contributed by atoms with Crippen LogP contribution in [-0.4, -0.2) is 49.2 Å². The Morgan fingerprint density at radius 2 is 1.91 bits per heavy atom. The molecule has 0 N–H and O–H groups in total. The van der Waals surface area contributed by atoms with Gasteiger partial charge in [0.25, 0.3) is 0 Å². The standard InChI is InChI=1S/C17H20BrN3O/c18-15-4-3-5-16(14-15)22-13-12-20-8-10-21(11-9-20)17-6-1-2-7-19-17/h1-7,14H,8-13H2. The first-order valence-electron chi connectivity index (χ1n) is 7.58. The fraction of sp³-hybridized carbons (Fsp3) is 0.353. The summed E-state index contributed by atoms with van der Waals surface area (Å²) in [6.45, 7) is 5.83. The second-order valence-electron chi connectivity index (χ2n) is 5.32. The molecule has 0 atom stereocenters. The Morgan fingerprint density at radius 3 is 2.64 bits per heavy atom. The third-order valence-corrected chi connectivity index (χ3v) is 4.31. The van der Waals surface area contributed by atoms with E-state index >= 15 is 0 Å². The minimum atomic E-state index is 0.722. The molecule has 1 aromatic carbocycles. The maximum Gasteiger partial charge on any atom is 0.128 e. The number of aromatic nitrogens is 1. The van der Waals surface area contributed by atoms with E-state index in [0.29, 0.717) is 0 Å². The lowest BCUT2D eigenvalue weighted by Crippen LogP contribution is -2.47. The van der Waals surface area contributed by atoms with Crippen LogP contribution in [0.15, 0.2) is 53.1 Å². The van der Waals surface area contributed by atoms with E-state index < -0.39 is 0 Å². The Hall–Kier alpha value is -1.59. The van der Waals surface area contributed by atoms with Crippen LogP contribution in [-0.2, 0) is 0 Å². The fourth-order valence-corrected chi connectivity index (χ4v) is 2.97. The van der Waals surface area contributed by atoms with Gasteiger partial charge < -0.3 is 9.64 Å². The molecule has 1 aromatic heterocycles. The second-order valence-corrected chi connectivity index (χ2v) is 6.24. The minimum Gasteiger partial charge on any atom is -0.492 e. The largest absolute Gasteiger partial charge is 0.492 e. The van der Waals surface area contributed by atoms with E-state index in [2.05, 4.69) is 36.8 Å². The molecule has 3 rings (SSSR count). The summed E-state index contributed by atoms with van der Waals surface area (Å²) in [4.78, 5) is 9.20. The zero-order valence-corrected chi connectivity index (χ0v) is 14.1. The maximum atomic E-state index is 5.80. The summed E-state index contributed by atoms with van der Waals surface area (Å²) >= 11 is 3.46. The number of halogens is 1. The number of rotatable bonds is 5. The van der Waals surface area contributed by atoms with E-state index in [0.717, 1.165) is 55.4 Å². The number of benzene rings is 1. The molecule has 116 valence electrons. The van der Waals surface area contributed by atoms with Crippen LogP contribution >= 0.6 is 15.9 Å². The molecule has 0 radical (unpaired) electrons. The summed E-state index contributed by atoms with van der Waals surface area (Å²) in [7, 11) is 0. The predicted molar refractivity (Wildman–Crippen MR) is 92.5 cm³/mol. The fourth-order valence-electron chi connectivity index (χ4n) is 2.59. The molecular weight excluding hydrogens is 342 g/mol. The summed E-state index contributed by atoms with van der Waals surface area (Å²) in [6.07, 6.45) is 1.85. The van der Waals surface area contributed by atoms with Crippen molar-refractivity contribution in [1.82, 2.24) is 9.88 Å². The molecule has 1 aliphatic rings. The van der Waals surface area contributed by atoms with E-state index in [1.165, 1.54) is 0 Å². The van der Waals surface area contributed by atoms with Gasteiger partial charge in [-0.05, 0) is 30.3 Å². The van der Waals surface area contributed by atoms with E-state index in [1.54, 1.807) is 0 Å². The Bertz CT molecular complexity index is 585. The summed E-state index contributed by atoms with van der Waals surface area (Å²) in [6, 6.07) is 14.1. The molecule has 2 heterocycles. The van der Waals surface area contributed by atoms with Crippen molar-refractivity contribution in [3.05, 3.63) is 53.1 Å². The smallest absolute Gasteiger partial charge is 0.128 e. The Balaban J connectivity index is 1.41. The number of piperazine rings is 1. The van der Waals surface area contributed by atoms with Gasteiger partial charge in [-0.2, -0.15) is 0 Å². The number of anilines is 1. The molecule has 1 saturated heterocycles. The van der Waals surface area contributed by atoms with Gasteiger partial charge in [0.05, 0.1) is 0 Å². The lowest BCUT2D eigenvalue weighted by Gasteiger charge is -2.35. The molecule has 0 aliphatic carbocycles. The third kappa shape index (κ3) is 4.21. The summed E-state index contributed by atoms with van der Waals surface area (Å²) in [5, 5.41) is 0. The molecule has 2 aromatic rings. The minimum absolute atomic E-state index is 0.722. The van der Waals surface area contributed by atoms with Crippen molar-refractivity contribution in [3.63, 3.8) is 0 Å². The van der Waals surface area contributed by atoms with Crippen molar-refractivity contribution >= 4 is 21.7 Å². The molecule has 4 nitrogen and oxygen atoms in total. The van der Waals surface area contributed by atoms with Crippen molar-refractivity contribution in [2.24, 2.45) is 0 Å². The van der Waals surface area contributed by atoms with Crippen LogP contribution in [0, 0.1) is 0 Å². The highest BCUT2D eigenvalue weighted by Crippen LogP contribution is 2.18. The highest BCUT2D eigenvalue weighted by atomic mass is 79.9. The maximum absolute atomic E-state index is 5.80. The number of ether oxygens (including phenoxy) is 1. The van der Waals surface area contributed by atoms with E-state index in [4.69, 9.17) is 4.74 Å². The van der Waals surface area contributed by atoms with E-state index in [9.17, 15) is 0 Å². The van der Waals surface area contributed by atoms with Crippen molar-refractivity contribution in [3.8, 4) is 5.75 Å². The van der Waals surface area contributed by atoms with Gasteiger partial charge in [-0.15, -0.1) is 0 Å². The molecule has 5 heteroatoms. The second kappa shape index (κ2) is 7.61. The van der Waals surface area contributed by atoms with Crippen molar-refractivity contribution < 1.29 is 4.74 Å². The SMILES string of the molecule is Brc1cccc(OCCN2CCN(c3ccccn3)CC2)c1. The van der Waals surface area contributed by atoms with E-state index in [-0.39, 0.29) is 0 Å². The quantitative estimate of drug-likeness (QED) is 0.818. The molecule has 0 bridgehead atoms. The highest BCUT2D eigenvalue weighted by Gasteiger charge is 2.17. The molecule has 0 spiro atoms. The molecule has 0 saturated carbocycles. The first-order chi connectivity index (χ1) is 10.8. The Kier molecular flexibility index (Phi) is 5.29. The molecule has 1 aliphatic heterocycles. The first kappa shape index (κ1) is 15.3. The van der Waals surface area contributed by atoms with Gasteiger partial charge in [-0.3, -0.25) is 4.90 Å². The van der Waals surface area contributed by atoms with Crippen molar-refractivity contribution in [2.45, 2.75) is 0 Å². The number of hydrogen-bond acceptors (Lipinski definition) is 4. The summed E-state index contributed by atoms with van der Waals surface area (Å²) in [5.41, 5.74) is 0. The van der Waals surface area contributed by atoms with E-state index in [1.807, 2.05) is 42.6 Å². The normalized spacial score (nSPS) is 15.8. The number of hydrogen-bond donors (Lipinski definition) is 0. The van der Waals surface area contributed by atoms with Gasteiger partial charge in [0, 0.05) is 43.4 Å². The van der Waals surface area contributed by atoms with Crippen LogP contribution in [0.2, 0.25) is 0 Å². The van der Waals surface area contributed by atoms with Crippen molar-refractivity contribution in [1.29, 1.82) is 0 Å². The van der Waals surface area contributed by atoms with Crippen LogP contribution in [0.25, 0.3) is 0 Å². The van der Waals surface area contributed by atoms with Crippen LogP contribution < -0.4 is 9.64 Å². The number of pyridine rings is 1. The predicted octanol–water partition coefficient (Wildman–Crippen LogP) is 3.05. The van der Waals surface area contributed by atoms with Crippen LogP contribution in [0.4, 0.5) is 5.82 Å². The van der Waals surface area contributed by atoms with Gasteiger partial charge in [-0.25, -0.2) is 4.98 Å². The average Bonchev–Trinajstić information content (AvgIpc) is 2.56. The molecule has 1 fully saturated rings. The monoisotopic (exact) mass is 361 g/mol. The van der Waals surface area contributed by atoms with Gasteiger partial charge in [0.2, 0.25) is 0 Å². The first-order valence-corrected chi connectivity index (χ1v) is 8.37. The highest BCUT2D eigenvalue weighted by molar-refractivity contribution is 9.10. The zero-order chi connectivity index (χ0) is 15.2. The lowest BCUT2D eigenvalue weighted by atomic mass is 10.3. The van der Waals surface area contributed by atoms with Gasteiger partial charge in [0.1, 0.15) is 18.2 Å². The topological polar surface area (TPSA) is 28.6 Å². The number of nitrogens with zero attached hydrogens (tertiary/aromatic N) is 3.